The minimum Gasteiger partial charge on any atom is -0.480 e. The van der Waals surface area contributed by atoms with Crippen LogP contribution in [0.2, 0.25) is 0 Å². The maximum atomic E-state index is 9.57. The fourth-order valence-electron chi connectivity index (χ4n) is 0. The molecule has 0 aromatic heterocycles. The molecule has 0 heterocycles. The average Bonchev–Trinajstić information content (AvgIpc) is 1.89. The number of hydrogen-bond donors (Lipinski definition) is 4. The number of aliphatic carboxylic acids is 2. The van der Waals surface area contributed by atoms with E-state index in [1.54, 1.807) is 0 Å². The number of nitrogens with two attached hydrogens (primary N) is 2. The molecule has 0 aliphatic rings. The summed E-state index contributed by atoms with van der Waals surface area (Å²) in [5.41, 5.74) is 9.41. The van der Waals surface area contributed by atoms with E-state index < -0.39 is 18.0 Å². The average molecular weight is 164 g/mol. The van der Waals surface area contributed by atoms with Crippen LogP contribution in [0.15, 0.2) is 0 Å². The third-order valence-corrected chi connectivity index (χ3v) is 0.564. The molecule has 0 fully saturated rings. The van der Waals surface area contributed by atoms with E-state index in [0.29, 0.717) is 0 Å². The predicted octanol–water partition coefficient (Wildman–Crippen LogP) is -1.55. The van der Waals surface area contributed by atoms with Gasteiger partial charge < -0.3 is 21.7 Å². The van der Waals surface area contributed by atoms with Crippen LogP contribution in [-0.2, 0) is 9.59 Å². The second kappa shape index (κ2) is 6.97. The van der Waals surface area contributed by atoms with Crippen LogP contribution in [0.3, 0.4) is 0 Å². The van der Waals surface area contributed by atoms with Gasteiger partial charge in [-0.2, -0.15) is 0 Å². The first kappa shape index (κ1) is 12.5. The largest absolute Gasteiger partial charge is 0.480 e. The Bertz CT molecular complexity index is 134. The van der Waals surface area contributed by atoms with E-state index in [1.165, 1.54) is 6.92 Å². The summed E-state index contributed by atoms with van der Waals surface area (Å²) < 4.78 is 0. The normalized spacial score (nSPS) is 10.8. The summed E-state index contributed by atoms with van der Waals surface area (Å²) in [6, 6.07) is -0.731. The topological polar surface area (TPSA) is 127 Å². The highest BCUT2D eigenvalue weighted by Crippen LogP contribution is 1.68. The molecule has 0 saturated carbocycles. The Morgan fingerprint density at radius 3 is 1.64 bits per heavy atom. The van der Waals surface area contributed by atoms with Crippen molar-refractivity contribution in [3.63, 3.8) is 0 Å². The quantitative estimate of drug-likeness (QED) is 0.391. The lowest BCUT2D eigenvalue weighted by Crippen LogP contribution is -2.25. The van der Waals surface area contributed by atoms with Crippen LogP contribution in [-0.4, -0.2) is 34.7 Å². The van der Waals surface area contributed by atoms with Crippen molar-refractivity contribution in [3.8, 4) is 0 Å². The van der Waals surface area contributed by atoms with Crippen LogP contribution >= 0.6 is 0 Å². The summed E-state index contributed by atoms with van der Waals surface area (Å²) in [4.78, 5) is 18.8. The smallest absolute Gasteiger partial charge is 0.320 e. The lowest BCUT2D eigenvalue weighted by Gasteiger charge is -1.90. The first-order valence-corrected chi connectivity index (χ1v) is 2.82. The molecule has 6 nitrogen and oxygen atoms in total. The Balaban J connectivity index is 0. The van der Waals surface area contributed by atoms with Gasteiger partial charge in [-0.15, -0.1) is 0 Å². The molecule has 6 N–H and O–H groups in total. The zero-order valence-corrected chi connectivity index (χ0v) is 6.15. The number of carbonyl (C=O) groups is 2. The number of rotatable bonds is 2. The van der Waals surface area contributed by atoms with Gasteiger partial charge in [0, 0.05) is 0 Å². The molecule has 66 valence electrons. The molecular formula is C5H12N2O4. The highest BCUT2D eigenvalue weighted by atomic mass is 16.4. The second-order valence-corrected chi connectivity index (χ2v) is 1.72. The van der Waals surface area contributed by atoms with Crippen LogP contribution in [0.5, 0.6) is 0 Å². The summed E-state index contributed by atoms with van der Waals surface area (Å²) in [6.45, 7) is 1.14. The minimum atomic E-state index is -0.968. The Kier molecular flexibility index (Phi) is 7.94. The van der Waals surface area contributed by atoms with Gasteiger partial charge in [-0.3, -0.25) is 9.59 Å². The van der Waals surface area contributed by atoms with Crippen molar-refractivity contribution in [3.05, 3.63) is 0 Å². The minimum absolute atomic E-state index is 0.278. The van der Waals surface area contributed by atoms with Gasteiger partial charge in [-0.1, -0.05) is 0 Å². The molecule has 0 spiro atoms. The standard InChI is InChI=1S/C3H7NO2.C2H5NO2/c1-2(4)3(5)6;3-1-2(4)5/h2H,4H2,1H3,(H,5,6);1,3H2,(H,4,5)/t2-;/m1./s1. The van der Waals surface area contributed by atoms with Crippen molar-refractivity contribution < 1.29 is 19.8 Å². The predicted molar refractivity (Wildman–Crippen MR) is 38.0 cm³/mol. The zero-order valence-electron chi connectivity index (χ0n) is 6.15. The van der Waals surface area contributed by atoms with E-state index in [0.717, 1.165) is 0 Å². The van der Waals surface area contributed by atoms with Crippen molar-refractivity contribution >= 4 is 11.9 Å². The van der Waals surface area contributed by atoms with Gasteiger partial charge in [0.25, 0.3) is 0 Å². The van der Waals surface area contributed by atoms with Crippen molar-refractivity contribution in [2.24, 2.45) is 11.5 Å². The van der Waals surface area contributed by atoms with Crippen molar-refractivity contribution in [2.75, 3.05) is 6.54 Å². The summed E-state index contributed by atoms with van der Waals surface area (Å²) in [5, 5.41) is 15.5. The molecule has 0 unspecified atom stereocenters. The van der Waals surface area contributed by atoms with E-state index in [1.807, 2.05) is 0 Å². The molecule has 11 heavy (non-hydrogen) atoms. The SMILES string of the molecule is C[C@@H](N)C(=O)O.NCC(=O)O. The van der Waals surface area contributed by atoms with E-state index in [2.05, 4.69) is 5.73 Å². The Labute approximate surface area is 63.8 Å². The fourth-order valence-corrected chi connectivity index (χ4v) is 0. The molecule has 0 saturated heterocycles. The fraction of sp³-hybridized carbons (Fsp3) is 0.600. The van der Waals surface area contributed by atoms with E-state index >= 15 is 0 Å². The lowest BCUT2D eigenvalue weighted by atomic mass is 10.4. The number of hydrogen-bond acceptors (Lipinski definition) is 4. The molecule has 0 amide bonds. The Morgan fingerprint density at radius 1 is 1.45 bits per heavy atom. The van der Waals surface area contributed by atoms with Crippen molar-refractivity contribution in [2.45, 2.75) is 13.0 Å². The van der Waals surface area contributed by atoms with Crippen LogP contribution in [0, 0.1) is 0 Å². The summed E-state index contributed by atoms with van der Waals surface area (Å²) >= 11 is 0. The van der Waals surface area contributed by atoms with Gasteiger partial charge in [0.05, 0.1) is 6.54 Å². The monoisotopic (exact) mass is 164 g/mol. The molecule has 0 aromatic carbocycles. The summed E-state index contributed by atoms with van der Waals surface area (Å²) in [7, 11) is 0. The maximum absolute atomic E-state index is 9.57. The lowest BCUT2D eigenvalue weighted by molar-refractivity contribution is -0.138. The van der Waals surface area contributed by atoms with Crippen LogP contribution in [0.1, 0.15) is 6.92 Å². The molecule has 0 rings (SSSR count). The van der Waals surface area contributed by atoms with E-state index in [-0.39, 0.29) is 6.54 Å². The van der Waals surface area contributed by atoms with Crippen LogP contribution in [0.25, 0.3) is 0 Å². The third-order valence-electron chi connectivity index (χ3n) is 0.564. The Morgan fingerprint density at radius 2 is 1.64 bits per heavy atom. The Hall–Kier alpha value is -1.14. The molecule has 0 bridgehead atoms. The highest BCUT2D eigenvalue weighted by Gasteiger charge is 1.99. The molecule has 1 atom stereocenters. The van der Waals surface area contributed by atoms with E-state index in [9.17, 15) is 9.59 Å². The molecule has 6 heteroatoms. The van der Waals surface area contributed by atoms with Crippen molar-refractivity contribution in [1.29, 1.82) is 0 Å². The molecular weight excluding hydrogens is 152 g/mol. The highest BCUT2D eigenvalue weighted by molar-refractivity contribution is 5.72. The van der Waals surface area contributed by atoms with Gasteiger partial charge in [0.1, 0.15) is 6.04 Å². The van der Waals surface area contributed by atoms with Crippen LogP contribution < -0.4 is 11.5 Å². The van der Waals surface area contributed by atoms with Gasteiger partial charge in [0.2, 0.25) is 0 Å². The van der Waals surface area contributed by atoms with E-state index in [4.69, 9.17) is 15.9 Å². The number of carboxylic acid groups (broad SMARTS) is 2. The molecule has 0 aliphatic carbocycles. The molecule has 0 radical (unpaired) electrons. The molecule has 0 aliphatic heterocycles. The third kappa shape index (κ3) is 17.7. The van der Waals surface area contributed by atoms with Gasteiger partial charge in [0.15, 0.2) is 0 Å². The maximum Gasteiger partial charge on any atom is 0.320 e. The summed E-state index contributed by atoms with van der Waals surface area (Å²) in [5.74, 6) is -1.93. The van der Waals surface area contributed by atoms with Crippen LogP contribution in [0.4, 0.5) is 0 Å². The van der Waals surface area contributed by atoms with Gasteiger partial charge in [-0.05, 0) is 6.92 Å². The van der Waals surface area contributed by atoms with Gasteiger partial charge in [-0.25, -0.2) is 0 Å². The number of carboxylic acids is 2. The van der Waals surface area contributed by atoms with Crippen molar-refractivity contribution in [1.82, 2.24) is 0 Å². The van der Waals surface area contributed by atoms with Gasteiger partial charge >= 0.3 is 11.9 Å². The zero-order chi connectivity index (χ0) is 9.44. The molecule has 0 aromatic rings. The second-order valence-electron chi connectivity index (χ2n) is 1.72. The summed E-state index contributed by atoms with van der Waals surface area (Å²) in [6.07, 6.45) is 0. The first-order valence-electron chi connectivity index (χ1n) is 2.82. The first-order chi connectivity index (χ1) is 4.91.